The van der Waals surface area contributed by atoms with Crippen LogP contribution in [0, 0.1) is 5.92 Å². The number of hydrogen-bond acceptors (Lipinski definition) is 6. The molecule has 10 heteroatoms. The molecular formula is C14H26N4O6. The van der Waals surface area contributed by atoms with Crippen molar-refractivity contribution in [2.75, 3.05) is 0 Å². The molecule has 8 N–H and O–H groups in total. The Labute approximate surface area is 139 Å². The van der Waals surface area contributed by atoms with E-state index in [0.717, 1.165) is 0 Å². The van der Waals surface area contributed by atoms with E-state index in [0.29, 0.717) is 0 Å². The summed E-state index contributed by atoms with van der Waals surface area (Å²) in [5.74, 6) is -3.80. The summed E-state index contributed by atoms with van der Waals surface area (Å²) >= 11 is 0. The van der Waals surface area contributed by atoms with Crippen molar-refractivity contribution in [1.29, 1.82) is 0 Å². The number of carbonyl (C=O) groups is 4. The van der Waals surface area contributed by atoms with Crippen LogP contribution >= 0.6 is 0 Å². The number of aliphatic carboxylic acids is 1. The summed E-state index contributed by atoms with van der Waals surface area (Å²) in [5, 5.41) is 23.2. The second-order valence-electron chi connectivity index (χ2n) is 5.90. The molecule has 0 aliphatic carbocycles. The van der Waals surface area contributed by atoms with Crippen molar-refractivity contribution < 1.29 is 29.4 Å². The molecule has 0 aliphatic heterocycles. The molecule has 10 nitrogen and oxygen atoms in total. The molecule has 0 heterocycles. The number of carboxylic acids is 1. The number of nitrogens with two attached hydrogens (primary N) is 2. The first-order valence-electron chi connectivity index (χ1n) is 7.52. The molecule has 4 unspecified atom stereocenters. The van der Waals surface area contributed by atoms with Crippen molar-refractivity contribution in [2.24, 2.45) is 17.4 Å². The molecule has 0 spiro atoms. The Morgan fingerprint density at radius 1 is 1.04 bits per heavy atom. The van der Waals surface area contributed by atoms with Crippen molar-refractivity contribution in [3.63, 3.8) is 0 Å². The van der Waals surface area contributed by atoms with Gasteiger partial charge in [0.1, 0.15) is 12.1 Å². The van der Waals surface area contributed by atoms with Gasteiger partial charge in [0.25, 0.3) is 0 Å². The fourth-order valence-corrected chi connectivity index (χ4v) is 1.76. The van der Waals surface area contributed by atoms with E-state index < -0.39 is 47.9 Å². The van der Waals surface area contributed by atoms with Crippen LogP contribution in [0.4, 0.5) is 0 Å². The standard InChI is InChI=1S/C14H26N4O6/c1-6(2)10(16)12(21)18-11(7(3)19)13(22)17-8(14(23)24)4-5-9(15)20/h6-8,10-11,19H,4-5,16H2,1-3H3,(H2,15,20)(H,17,22)(H,18,21)(H,23,24). The smallest absolute Gasteiger partial charge is 0.326 e. The second-order valence-corrected chi connectivity index (χ2v) is 5.90. The van der Waals surface area contributed by atoms with Crippen LogP contribution in [0.1, 0.15) is 33.6 Å². The van der Waals surface area contributed by atoms with Crippen molar-refractivity contribution in [3.8, 4) is 0 Å². The lowest BCUT2D eigenvalue weighted by molar-refractivity contribution is -0.143. The van der Waals surface area contributed by atoms with Gasteiger partial charge in [-0.25, -0.2) is 4.79 Å². The van der Waals surface area contributed by atoms with Gasteiger partial charge in [-0.3, -0.25) is 14.4 Å². The van der Waals surface area contributed by atoms with E-state index in [1.54, 1.807) is 13.8 Å². The van der Waals surface area contributed by atoms with Gasteiger partial charge in [0, 0.05) is 6.42 Å². The average molecular weight is 346 g/mol. The zero-order valence-corrected chi connectivity index (χ0v) is 14.0. The molecule has 0 fully saturated rings. The summed E-state index contributed by atoms with van der Waals surface area (Å²) in [6.07, 6.45) is -1.72. The van der Waals surface area contributed by atoms with Gasteiger partial charge < -0.3 is 32.3 Å². The van der Waals surface area contributed by atoms with Crippen LogP contribution in [-0.4, -0.2) is 58.1 Å². The van der Waals surface area contributed by atoms with E-state index in [1.807, 2.05) is 0 Å². The number of aliphatic hydroxyl groups is 1. The first-order chi connectivity index (χ1) is 11.0. The van der Waals surface area contributed by atoms with Gasteiger partial charge in [-0.1, -0.05) is 13.8 Å². The van der Waals surface area contributed by atoms with Crippen LogP contribution < -0.4 is 22.1 Å². The van der Waals surface area contributed by atoms with E-state index in [9.17, 15) is 24.3 Å². The molecule has 0 aromatic rings. The first-order valence-corrected chi connectivity index (χ1v) is 7.52. The topological polar surface area (TPSA) is 185 Å². The van der Waals surface area contributed by atoms with E-state index >= 15 is 0 Å². The molecule has 0 saturated carbocycles. The minimum atomic E-state index is -1.38. The first kappa shape index (κ1) is 21.8. The molecule has 4 atom stereocenters. The van der Waals surface area contributed by atoms with Crippen LogP contribution in [0.5, 0.6) is 0 Å². The number of carbonyl (C=O) groups excluding carboxylic acids is 3. The predicted octanol–water partition coefficient (Wildman–Crippen LogP) is -2.33. The number of nitrogens with one attached hydrogen (secondary N) is 2. The van der Waals surface area contributed by atoms with Crippen molar-refractivity contribution in [2.45, 2.75) is 57.8 Å². The minimum absolute atomic E-state index is 0.190. The molecule has 24 heavy (non-hydrogen) atoms. The number of carboxylic acid groups (broad SMARTS) is 1. The number of primary amides is 1. The highest BCUT2D eigenvalue weighted by Crippen LogP contribution is 2.03. The van der Waals surface area contributed by atoms with E-state index in [-0.39, 0.29) is 18.8 Å². The maximum absolute atomic E-state index is 12.2. The van der Waals surface area contributed by atoms with Gasteiger partial charge in [0.05, 0.1) is 12.1 Å². The van der Waals surface area contributed by atoms with Crippen LogP contribution in [-0.2, 0) is 19.2 Å². The Morgan fingerprint density at radius 2 is 1.58 bits per heavy atom. The van der Waals surface area contributed by atoms with Crippen LogP contribution in [0.3, 0.4) is 0 Å². The highest BCUT2D eigenvalue weighted by molar-refractivity contribution is 5.92. The Kier molecular flexibility index (Phi) is 8.93. The quantitative estimate of drug-likeness (QED) is 0.256. The summed E-state index contributed by atoms with van der Waals surface area (Å²) < 4.78 is 0. The third kappa shape index (κ3) is 7.38. The molecular weight excluding hydrogens is 320 g/mol. The van der Waals surface area contributed by atoms with Crippen LogP contribution in [0.15, 0.2) is 0 Å². The molecule has 0 aromatic carbocycles. The lowest BCUT2D eigenvalue weighted by Gasteiger charge is -2.25. The average Bonchev–Trinajstić information content (AvgIpc) is 2.46. The maximum Gasteiger partial charge on any atom is 0.326 e. The number of rotatable bonds is 10. The summed E-state index contributed by atoms with van der Waals surface area (Å²) in [7, 11) is 0. The molecule has 138 valence electrons. The van der Waals surface area contributed by atoms with E-state index in [2.05, 4.69) is 10.6 Å². The van der Waals surface area contributed by atoms with Gasteiger partial charge in [0.15, 0.2) is 0 Å². The third-order valence-corrected chi connectivity index (χ3v) is 3.38. The number of amides is 3. The Hall–Kier alpha value is -2.20. The Bertz CT molecular complexity index is 480. The number of aliphatic hydroxyl groups excluding tert-OH is 1. The zero-order chi connectivity index (χ0) is 19.0. The third-order valence-electron chi connectivity index (χ3n) is 3.38. The molecule has 0 rings (SSSR count). The van der Waals surface area contributed by atoms with E-state index in [4.69, 9.17) is 16.6 Å². The van der Waals surface area contributed by atoms with Crippen LogP contribution in [0.2, 0.25) is 0 Å². The van der Waals surface area contributed by atoms with E-state index in [1.165, 1.54) is 6.92 Å². The summed E-state index contributed by atoms with van der Waals surface area (Å²) in [6.45, 7) is 4.70. The van der Waals surface area contributed by atoms with Gasteiger partial charge in [-0.05, 0) is 19.3 Å². The summed E-state index contributed by atoms with van der Waals surface area (Å²) in [4.78, 5) is 46.0. The van der Waals surface area contributed by atoms with Gasteiger partial charge in [-0.2, -0.15) is 0 Å². The van der Waals surface area contributed by atoms with Gasteiger partial charge in [0.2, 0.25) is 17.7 Å². The molecule has 0 aromatic heterocycles. The fourth-order valence-electron chi connectivity index (χ4n) is 1.76. The molecule has 0 aliphatic rings. The van der Waals surface area contributed by atoms with Gasteiger partial charge in [-0.15, -0.1) is 0 Å². The SMILES string of the molecule is CC(C)C(N)C(=O)NC(C(=O)NC(CCC(N)=O)C(=O)O)C(C)O. The fraction of sp³-hybridized carbons (Fsp3) is 0.714. The highest BCUT2D eigenvalue weighted by atomic mass is 16.4. The lowest BCUT2D eigenvalue weighted by Crippen LogP contribution is -2.58. The van der Waals surface area contributed by atoms with Gasteiger partial charge >= 0.3 is 5.97 Å². The number of hydrogen-bond donors (Lipinski definition) is 6. The predicted molar refractivity (Wildman–Crippen MR) is 84.4 cm³/mol. The Morgan fingerprint density at radius 3 is 1.96 bits per heavy atom. The molecule has 0 bridgehead atoms. The minimum Gasteiger partial charge on any atom is -0.480 e. The Balaban J connectivity index is 4.97. The highest BCUT2D eigenvalue weighted by Gasteiger charge is 2.31. The molecule has 3 amide bonds. The molecule has 0 saturated heterocycles. The second kappa shape index (κ2) is 9.83. The van der Waals surface area contributed by atoms with Crippen molar-refractivity contribution in [1.82, 2.24) is 10.6 Å². The normalized spacial score (nSPS) is 15.9. The summed E-state index contributed by atoms with van der Waals surface area (Å²) in [5.41, 5.74) is 10.6. The monoisotopic (exact) mass is 346 g/mol. The lowest BCUT2D eigenvalue weighted by atomic mass is 10.0. The maximum atomic E-state index is 12.2. The zero-order valence-electron chi connectivity index (χ0n) is 14.0. The van der Waals surface area contributed by atoms with Crippen molar-refractivity contribution >= 4 is 23.7 Å². The van der Waals surface area contributed by atoms with Crippen LogP contribution in [0.25, 0.3) is 0 Å². The molecule has 0 radical (unpaired) electrons. The van der Waals surface area contributed by atoms with Crippen molar-refractivity contribution in [3.05, 3.63) is 0 Å². The summed E-state index contributed by atoms with van der Waals surface area (Å²) in [6, 6.07) is -3.64. The largest absolute Gasteiger partial charge is 0.480 e.